The van der Waals surface area contributed by atoms with E-state index in [0.717, 1.165) is 38.8 Å². The van der Waals surface area contributed by atoms with E-state index in [2.05, 4.69) is 26.1 Å². The van der Waals surface area contributed by atoms with Gasteiger partial charge in [0.05, 0.1) is 5.92 Å². The summed E-state index contributed by atoms with van der Waals surface area (Å²) in [5, 5.41) is 2.95. The minimum atomic E-state index is -0.138. The highest BCUT2D eigenvalue weighted by Gasteiger charge is 2.33. The van der Waals surface area contributed by atoms with Gasteiger partial charge in [-0.25, -0.2) is 0 Å². The number of rotatable bonds is 8. The number of likely N-dealkylation sites (tertiary alicyclic amines) is 1. The van der Waals surface area contributed by atoms with Gasteiger partial charge in [-0.15, -0.1) is 0 Å². The summed E-state index contributed by atoms with van der Waals surface area (Å²) < 4.78 is 0. The lowest BCUT2D eigenvalue weighted by Gasteiger charge is -2.17. The third kappa shape index (κ3) is 5.62. The SMILES string of the molecule is CCCCCNC(=O)C1CC(=O)N(CCC(C)C)C1. The molecule has 2 amide bonds. The van der Waals surface area contributed by atoms with E-state index in [1.165, 1.54) is 0 Å². The standard InChI is InChI=1S/C15H28N2O2/c1-4-5-6-8-16-15(19)13-10-14(18)17(11-13)9-7-12(2)3/h12-13H,4-11H2,1-3H3,(H,16,19). The second kappa shape index (κ2) is 8.18. The van der Waals surface area contributed by atoms with Crippen LogP contribution >= 0.6 is 0 Å². The van der Waals surface area contributed by atoms with Crippen molar-refractivity contribution >= 4 is 11.8 Å². The molecular weight excluding hydrogens is 240 g/mol. The summed E-state index contributed by atoms with van der Waals surface area (Å²) >= 11 is 0. The van der Waals surface area contributed by atoms with Crippen LogP contribution in [0.5, 0.6) is 0 Å². The Kier molecular flexibility index (Phi) is 6.89. The first-order valence-corrected chi connectivity index (χ1v) is 7.60. The molecule has 0 spiro atoms. The van der Waals surface area contributed by atoms with Crippen LogP contribution in [0.1, 0.15) is 52.9 Å². The summed E-state index contributed by atoms with van der Waals surface area (Å²) in [4.78, 5) is 25.6. The number of unbranched alkanes of at least 4 members (excludes halogenated alkanes) is 2. The van der Waals surface area contributed by atoms with Gasteiger partial charge in [0, 0.05) is 26.1 Å². The predicted molar refractivity (Wildman–Crippen MR) is 76.7 cm³/mol. The van der Waals surface area contributed by atoms with Gasteiger partial charge in [-0.05, 0) is 18.8 Å². The second-order valence-corrected chi connectivity index (χ2v) is 5.92. The number of carbonyl (C=O) groups excluding carboxylic acids is 2. The number of nitrogens with one attached hydrogen (secondary N) is 1. The smallest absolute Gasteiger partial charge is 0.225 e. The van der Waals surface area contributed by atoms with E-state index in [1.54, 1.807) is 0 Å². The Balaban J connectivity index is 2.28. The first-order valence-electron chi connectivity index (χ1n) is 7.60. The Bertz CT molecular complexity index is 303. The molecule has 1 rings (SSSR count). The Labute approximate surface area is 116 Å². The van der Waals surface area contributed by atoms with Crippen molar-refractivity contribution in [3.8, 4) is 0 Å². The molecule has 0 aliphatic carbocycles. The number of hydrogen-bond donors (Lipinski definition) is 1. The Morgan fingerprint density at radius 2 is 2.16 bits per heavy atom. The molecule has 1 atom stereocenters. The number of hydrogen-bond acceptors (Lipinski definition) is 2. The molecule has 0 saturated carbocycles. The third-order valence-corrected chi connectivity index (χ3v) is 3.64. The molecule has 0 aromatic heterocycles. The van der Waals surface area contributed by atoms with Gasteiger partial charge in [-0.3, -0.25) is 9.59 Å². The summed E-state index contributed by atoms with van der Waals surface area (Å²) in [5.74, 6) is 0.641. The molecule has 1 aliphatic rings. The van der Waals surface area contributed by atoms with Crippen molar-refractivity contribution in [2.75, 3.05) is 19.6 Å². The highest BCUT2D eigenvalue weighted by atomic mass is 16.2. The molecule has 4 nitrogen and oxygen atoms in total. The Morgan fingerprint density at radius 1 is 1.42 bits per heavy atom. The summed E-state index contributed by atoms with van der Waals surface area (Å²) in [5.41, 5.74) is 0. The first-order chi connectivity index (χ1) is 9.04. The lowest BCUT2D eigenvalue weighted by Crippen LogP contribution is -2.33. The van der Waals surface area contributed by atoms with E-state index < -0.39 is 0 Å². The molecule has 1 N–H and O–H groups in total. The highest BCUT2D eigenvalue weighted by Crippen LogP contribution is 2.19. The maximum Gasteiger partial charge on any atom is 0.225 e. The van der Waals surface area contributed by atoms with Crippen molar-refractivity contribution in [1.29, 1.82) is 0 Å². The molecule has 1 fully saturated rings. The van der Waals surface area contributed by atoms with E-state index in [1.807, 2.05) is 4.90 Å². The molecule has 1 aliphatic heterocycles. The molecule has 19 heavy (non-hydrogen) atoms. The Morgan fingerprint density at radius 3 is 2.79 bits per heavy atom. The van der Waals surface area contributed by atoms with Crippen molar-refractivity contribution in [2.24, 2.45) is 11.8 Å². The van der Waals surface area contributed by atoms with Crippen molar-refractivity contribution in [1.82, 2.24) is 10.2 Å². The average molecular weight is 268 g/mol. The number of nitrogens with zero attached hydrogens (tertiary/aromatic N) is 1. The zero-order valence-electron chi connectivity index (χ0n) is 12.6. The quantitative estimate of drug-likeness (QED) is 0.686. The maximum atomic E-state index is 11.9. The van der Waals surface area contributed by atoms with Crippen LogP contribution in [-0.4, -0.2) is 36.3 Å². The zero-order chi connectivity index (χ0) is 14.3. The lowest BCUT2D eigenvalue weighted by atomic mass is 10.1. The van der Waals surface area contributed by atoms with Crippen LogP contribution < -0.4 is 5.32 Å². The van der Waals surface area contributed by atoms with Crippen LogP contribution in [0.3, 0.4) is 0 Å². The molecule has 0 bridgehead atoms. The molecule has 1 saturated heterocycles. The first kappa shape index (κ1) is 16.0. The van der Waals surface area contributed by atoms with Crippen molar-refractivity contribution in [3.05, 3.63) is 0 Å². The van der Waals surface area contributed by atoms with Crippen LogP contribution in [0.25, 0.3) is 0 Å². The van der Waals surface area contributed by atoms with Crippen LogP contribution in [-0.2, 0) is 9.59 Å². The molecule has 0 radical (unpaired) electrons. The summed E-state index contributed by atoms with van der Waals surface area (Å²) in [6.07, 6.45) is 4.72. The van der Waals surface area contributed by atoms with Crippen molar-refractivity contribution in [3.63, 3.8) is 0 Å². The molecule has 0 aromatic rings. The summed E-state index contributed by atoms with van der Waals surface area (Å²) in [6.45, 7) is 8.58. The lowest BCUT2D eigenvalue weighted by molar-refractivity contribution is -0.129. The van der Waals surface area contributed by atoms with Crippen molar-refractivity contribution < 1.29 is 9.59 Å². The van der Waals surface area contributed by atoms with Gasteiger partial charge in [0.25, 0.3) is 0 Å². The fourth-order valence-electron chi connectivity index (χ4n) is 2.31. The minimum Gasteiger partial charge on any atom is -0.356 e. The van der Waals surface area contributed by atoms with Gasteiger partial charge < -0.3 is 10.2 Å². The summed E-state index contributed by atoms with van der Waals surface area (Å²) in [6, 6.07) is 0. The van der Waals surface area contributed by atoms with Gasteiger partial charge in [-0.2, -0.15) is 0 Å². The van der Waals surface area contributed by atoms with E-state index in [4.69, 9.17) is 0 Å². The van der Waals surface area contributed by atoms with Gasteiger partial charge in [0.2, 0.25) is 11.8 Å². The Hall–Kier alpha value is -1.06. The fraction of sp³-hybridized carbons (Fsp3) is 0.867. The van der Waals surface area contributed by atoms with Crippen LogP contribution in [0.15, 0.2) is 0 Å². The van der Waals surface area contributed by atoms with Crippen LogP contribution in [0.2, 0.25) is 0 Å². The summed E-state index contributed by atoms with van der Waals surface area (Å²) in [7, 11) is 0. The van der Waals surface area contributed by atoms with Crippen molar-refractivity contribution in [2.45, 2.75) is 52.9 Å². The van der Waals surface area contributed by atoms with E-state index >= 15 is 0 Å². The highest BCUT2D eigenvalue weighted by molar-refractivity contribution is 5.89. The molecular formula is C15H28N2O2. The third-order valence-electron chi connectivity index (χ3n) is 3.64. The molecule has 4 heteroatoms. The van der Waals surface area contributed by atoms with E-state index in [-0.39, 0.29) is 17.7 Å². The molecule has 1 unspecified atom stereocenters. The van der Waals surface area contributed by atoms with E-state index in [0.29, 0.717) is 18.9 Å². The zero-order valence-corrected chi connectivity index (χ0v) is 12.6. The normalized spacial score (nSPS) is 19.3. The van der Waals surface area contributed by atoms with Crippen LogP contribution in [0, 0.1) is 11.8 Å². The van der Waals surface area contributed by atoms with Crippen LogP contribution in [0.4, 0.5) is 0 Å². The second-order valence-electron chi connectivity index (χ2n) is 5.92. The largest absolute Gasteiger partial charge is 0.356 e. The van der Waals surface area contributed by atoms with Gasteiger partial charge in [0.15, 0.2) is 0 Å². The fourth-order valence-corrected chi connectivity index (χ4v) is 2.31. The van der Waals surface area contributed by atoms with Gasteiger partial charge in [0.1, 0.15) is 0 Å². The number of carbonyl (C=O) groups is 2. The van der Waals surface area contributed by atoms with E-state index in [9.17, 15) is 9.59 Å². The number of amides is 2. The predicted octanol–water partition coefficient (Wildman–Crippen LogP) is 2.19. The molecule has 110 valence electrons. The minimum absolute atomic E-state index is 0.0523. The average Bonchev–Trinajstić information content (AvgIpc) is 2.73. The van der Waals surface area contributed by atoms with Gasteiger partial charge in [-0.1, -0.05) is 33.6 Å². The molecule has 1 heterocycles. The topological polar surface area (TPSA) is 49.4 Å². The monoisotopic (exact) mass is 268 g/mol. The van der Waals surface area contributed by atoms with Gasteiger partial charge >= 0.3 is 0 Å². The maximum absolute atomic E-state index is 11.9. The molecule has 0 aromatic carbocycles.